The van der Waals surface area contributed by atoms with Crippen LogP contribution in [0.2, 0.25) is 0 Å². The Morgan fingerprint density at radius 2 is 2.21 bits per heavy atom. The van der Waals surface area contributed by atoms with Crippen LogP contribution in [0.25, 0.3) is 0 Å². The molecule has 1 aromatic rings. The van der Waals surface area contributed by atoms with Crippen molar-refractivity contribution < 1.29 is 0 Å². The Bertz CT molecular complexity index is 346. The second-order valence-electron chi connectivity index (χ2n) is 3.39. The SMILES string of the molecule is CCCCCn1nc(C)c(C#N)c1N. The minimum Gasteiger partial charge on any atom is -0.383 e. The molecule has 0 saturated carbocycles. The van der Waals surface area contributed by atoms with Gasteiger partial charge in [0.15, 0.2) is 0 Å². The lowest BCUT2D eigenvalue weighted by Crippen LogP contribution is -2.05. The molecule has 0 radical (unpaired) electrons. The fourth-order valence-corrected chi connectivity index (χ4v) is 1.42. The average molecular weight is 192 g/mol. The van der Waals surface area contributed by atoms with Crippen LogP contribution in [0.1, 0.15) is 37.4 Å². The fourth-order valence-electron chi connectivity index (χ4n) is 1.42. The van der Waals surface area contributed by atoms with E-state index in [0.29, 0.717) is 11.4 Å². The Morgan fingerprint density at radius 1 is 1.50 bits per heavy atom. The monoisotopic (exact) mass is 192 g/mol. The maximum atomic E-state index is 8.80. The van der Waals surface area contributed by atoms with Gasteiger partial charge in [0.2, 0.25) is 0 Å². The van der Waals surface area contributed by atoms with Crippen molar-refractivity contribution in [3.05, 3.63) is 11.3 Å². The summed E-state index contributed by atoms with van der Waals surface area (Å²) in [5.41, 5.74) is 7.01. The van der Waals surface area contributed by atoms with Crippen LogP contribution >= 0.6 is 0 Å². The van der Waals surface area contributed by atoms with Crippen LogP contribution in [-0.2, 0) is 6.54 Å². The summed E-state index contributed by atoms with van der Waals surface area (Å²) in [6.45, 7) is 4.77. The molecule has 1 rings (SSSR count). The van der Waals surface area contributed by atoms with Gasteiger partial charge in [-0.05, 0) is 13.3 Å². The van der Waals surface area contributed by atoms with Crippen molar-refractivity contribution in [3.8, 4) is 6.07 Å². The van der Waals surface area contributed by atoms with Crippen LogP contribution in [0.15, 0.2) is 0 Å². The Kier molecular flexibility index (Phi) is 3.52. The van der Waals surface area contributed by atoms with E-state index < -0.39 is 0 Å². The first-order valence-corrected chi connectivity index (χ1v) is 4.93. The summed E-state index contributed by atoms with van der Waals surface area (Å²) in [4.78, 5) is 0. The molecule has 14 heavy (non-hydrogen) atoms. The van der Waals surface area contributed by atoms with Crippen LogP contribution in [-0.4, -0.2) is 9.78 Å². The molecule has 0 aliphatic heterocycles. The van der Waals surface area contributed by atoms with Crippen LogP contribution in [0.5, 0.6) is 0 Å². The molecule has 76 valence electrons. The lowest BCUT2D eigenvalue weighted by molar-refractivity contribution is 0.556. The third-order valence-electron chi connectivity index (χ3n) is 2.25. The molecule has 2 N–H and O–H groups in total. The van der Waals surface area contributed by atoms with E-state index in [0.717, 1.165) is 18.7 Å². The molecule has 4 heteroatoms. The maximum absolute atomic E-state index is 8.80. The lowest BCUT2D eigenvalue weighted by Gasteiger charge is -2.02. The molecule has 4 nitrogen and oxygen atoms in total. The standard InChI is InChI=1S/C10H16N4/c1-3-4-5-6-14-10(12)9(7-11)8(2)13-14/h3-6,12H2,1-2H3. The number of hydrogen-bond acceptors (Lipinski definition) is 3. The Hall–Kier alpha value is -1.50. The topological polar surface area (TPSA) is 67.6 Å². The number of aromatic nitrogens is 2. The van der Waals surface area contributed by atoms with Crippen molar-refractivity contribution in [2.45, 2.75) is 39.7 Å². The minimum absolute atomic E-state index is 0.501. The van der Waals surface area contributed by atoms with E-state index in [2.05, 4.69) is 18.1 Å². The molecule has 0 amide bonds. The van der Waals surface area contributed by atoms with Crippen LogP contribution in [0.4, 0.5) is 5.82 Å². The van der Waals surface area contributed by atoms with Gasteiger partial charge in [0.05, 0.1) is 5.69 Å². The summed E-state index contributed by atoms with van der Waals surface area (Å²) in [6, 6.07) is 2.07. The van der Waals surface area contributed by atoms with Gasteiger partial charge in [0.1, 0.15) is 17.5 Å². The predicted octanol–water partition coefficient (Wildman–Crippen LogP) is 1.84. The summed E-state index contributed by atoms with van der Waals surface area (Å²) in [5.74, 6) is 0.501. The Morgan fingerprint density at radius 3 is 2.71 bits per heavy atom. The van der Waals surface area contributed by atoms with Crippen molar-refractivity contribution in [2.75, 3.05) is 5.73 Å². The highest BCUT2D eigenvalue weighted by Gasteiger charge is 2.10. The molecule has 0 saturated heterocycles. The zero-order chi connectivity index (χ0) is 10.6. The Balaban J connectivity index is 2.74. The molecule has 0 aliphatic carbocycles. The molecule has 0 fully saturated rings. The largest absolute Gasteiger partial charge is 0.383 e. The quantitative estimate of drug-likeness (QED) is 0.740. The number of aryl methyl sites for hydroxylation is 2. The summed E-state index contributed by atoms with van der Waals surface area (Å²) in [6.07, 6.45) is 3.40. The zero-order valence-corrected chi connectivity index (χ0v) is 8.75. The highest BCUT2D eigenvalue weighted by molar-refractivity contribution is 5.51. The number of nitrogens with two attached hydrogens (primary N) is 1. The van der Waals surface area contributed by atoms with E-state index in [9.17, 15) is 0 Å². The predicted molar refractivity (Wildman–Crippen MR) is 55.6 cm³/mol. The summed E-state index contributed by atoms with van der Waals surface area (Å²) in [7, 11) is 0. The molecule has 0 unspecified atom stereocenters. The highest BCUT2D eigenvalue weighted by atomic mass is 15.3. The maximum Gasteiger partial charge on any atom is 0.140 e. The first-order chi connectivity index (χ1) is 6.70. The number of nitriles is 1. The molecular formula is C10H16N4. The fraction of sp³-hybridized carbons (Fsp3) is 0.600. The van der Waals surface area contributed by atoms with Crippen LogP contribution in [0, 0.1) is 18.3 Å². The van der Waals surface area contributed by atoms with Crippen molar-refractivity contribution in [1.82, 2.24) is 9.78 Å². The lowest BCUT2D eigenvalue weighted by atomic mass is 10.2. The van der Waals surface area contributed by atoms with Gasteiger partial charge in [-0.3, -0.25) is 0 Å². The molecule has 0 atom stereocenters. The van der Waals surface area contributed by atoms with E-state index in [-0.39, 0.29) is 0 Å². The minimum atomic E-state index is 0.501. The number of anilines is 1. The van der Waals surface area contributed by atoms with Gasteiger partial charge in [-0.15, -0.1) is 0 Å². The van der Waals surface area contributed by atoms with E-state index >= 15 is 0 Å². The smallest absolute Gasteiger partial charge is 0.140 e. The van der Waals surface area contributed by atoms with E-state index in [1.165, 1.54) is 12.8 Å². The second-order valence-corrected chi connectivity index (χ2v) is 3.39. The number of unbranched alkanes of at least 4 members (excludes halogenated alkanes) is 2. The van der Waals surface area contributed by atoms with E-state index in [4.69, 9.17) is 11.0 Å². The van der Waals surface area contributed by atoms with Crippen molar-refractivity contribution in [3.63, 3.8) is 0 Å². The van der Waals surface area contributed by atoms with Gasteiger partial charge in [0.25, 0.3) is 0 Å². The molecule has 0 bridgehead atoms. The first kappa shape index (κ1) is 10.6. The van der Waals surface area contributed by atoms with Gasteiger partial charge >= 0.3 is 0 Å². The van der Waals surface area contributed by atoms with Gasteiger partial charge in [-0.25, -0.2) is 4.68 Å². The number of nitrogen functional groups attached to an aromatic ring is 1. The van der Waals surface area contributed by atoms with Crippen LogP contribution in [0.3, 0.4) is 0 Å². The third-order valence-corrected chi connectivity index (χ3v) is 2.25. The number of nitrogens with zero attached hydrogens (tertiary/aromatic N) is 3. The van der Waals surface area contributed by atoms with Crippen molar-refractivity contribution in [2.24, 2.45) is 0 Å². The summed E-state index contributed by atoms with van der Waals surface area (Å²) >= 11 is 0. The van der Waals surface area contributed by atoms with E-state index in [1.54, 1.807) is 4.68 Å². The van der Waals surface area contributed by atoms with Crippen LogP contribution < -0.4 is 5.73 Å². The number of hydrogen-bond donors (Lipinski definition) is 1. The summed E-state index contributed by atoms with van der Waals surface area (Å²) < 4.78 is 1.73. The molecular weight excluding hydrogens is 176 g/mol. The van der Waals surface area contributed by atoms with Crippen molar-refractivity contribution >= 4 is 5.82 Å². The highest BCUT2D eigenvalue weighted by Crippen LogP contribution is 2.15. The first-order valence-electron chi connectivity index (χ1n) is 4.93. The Labute approximate surface area is 84.3 Å². The van der Waals surface area contributed by atoms with Crippen molar-refractivity contribution in [1.29, 1.82) is 5.26 Å². The zero-order valence-electron chi connectivity index (χ0n) is 8.75. The molecule has 0 aliphatic rings. The number of rotatable bonds is 4. The molecule has 0 aromatic carbocycles. The van der Waals surface area contributed by atoms with E-state index in [1.807, 2.05) is 6.92 Å². The van der Waals surface area contributed by atoms with Gasteiger partial charge in [-0.1, -0.05) is 19.8 Å². The van der Waals surface area contributed by atoms with Gasteiger partial charge < -0.3 is 5.73 Å². The van der Waals surface area contributed by atoms with Gasteiger partial charge in [0, 0.05) is 6.54 Å². The van der Waals surface area contributed by atoms with Gasteiger partial charge in [-0.2, -0.15) is 10.4 Å². The molecule has 1 heterocycles. The summed E-state index contributed by atoms with van der Waals surface area (Å²) in [5, 5.41) is 13.0. The average Bonchev–Trinajstić information content (AvgIpc) is 2.42. The molecule has 1 aromatic heterocycles. The normalized spacial score (nSPS) is 10.1. The third kappa shape index (κ3) is 2.05. The molecule has 0 spiro atoms. The second kappa shape index (κ2) is 4.66.